The molecule has 3 heterocycles. The summed E-state index contributed by atoms with van der Waals surface area (Å²) in [6.45, 7) is 4.05. The maximum atomic E-state index is 12.7. The highest BCUT2D eigenvalue weighted by Gasteiger charge is 2.26. The van der Waals surface area contributed by atoms with Gasteiger partial charge in [0, 0.05) is 31.3 Å². The highest BCUT2D eigenvalue weighted by atomic mass is 16.5. The molecular formula is C22H24N4O2. The van der Waals surface area contributed by atoms with Gasteiger partial charge >= 0.3 is 0 Å². The molecule has 1 atom stereocenters. The molecule has 2 aromatic heterocycles. The van der Waals surface area contributed by atoms with Gasteiger partial charge < -0.3 is 9.64 Å². The third kappa shape index (κ3) is 3.91. The van der Waals surface area contributed by atoms with Gasteiger partial charge in [0.25, 0.3) is 0 Å². The summed E-state index contributed by atoms with van der Waals surface area (Å²) in [5, 5.41) is 8.62. The Morgan fingerprint density at radius 1 is 1.21 bits per heavy atom. The lowest BCUT2D eigenvalue weighted by molar-refractivity contribution is -0.127. The number of carbonyl (C=O) groups is 1. The lowest BCUT2D eigenvalue weighted by atomic mass is 9.97. The quantitative estimate of drug-likeness (QED) is 0.639. The molecule has 28 heavy (non-hydrogen) atoms. The predicted molar refractivity (Wildman–Crippen MR) is 108 cm³/mol. The maximum Gasteiger partial charge on any atom is 0.246 e. The van der Waals surface area contributed by atoms with E-state index in [0.717, 1.165) is 42.2 Å². The van der Waals surface area contributed by atoms with Gasteiger partial charge in [0.15, 0.2) is 5.65 Å². The van der Waals surface area contributed by atoms with E-state index in [9.17, 15) is 4.79 Å². The van der Waals surface area contributed by atoms with E-state index < -0.39 is 0 Å². The molecule has 1 aliphatic heterocycles. The molecule has 4 rings (SSSR count). The lowest BCUT2D eigenvalue weighted by Gasteiger charge is -2.31. The van der Waals surface area contributed by atoms with Gasteiger partial charge in [-0.05, 0) is 55.7 Å². The van der Waals surface area contributed by atoms with E-state index in [2.05, 4.69) is 10.2 Å². The summed E-state index contributed by atoms with van der Waals surface area (Å²) in [5.41, 5.74) is 1.82. The average molecular weight is 376 g/mol. The monoisotopic (exact) mass is 376 g/mol. The molecule has 1 aliphatic rings. The van der Waals surface area contributed by atoms with Crippen molar-refractivity contribution in [2.45, 2.75) is 25.7 Å². The van der Waals surface area contributed by atoms with Crippen LogP contribution >= 0.6 is 0 Å². The Hall–Kier alpha value is -3.15. The second kappa shape index (κ2) is 8.25. The standard InChI is InChI=1S/C22H24N4O2/c1-2-28-19-11-8-17(9-12-19)10-13-21(27)25-14-5-6-18(16-25)22-24-23-20-7-3-4-15-26(20)22/h3-4,7-13,15,18H,2,5-6,14,16H2,1H3/b13-10+. The number of benzene rings is 1. The van der Waals surface area contributed by atoms with Crippen LogP contribution in [-0.4, -0.2) is 45.1 Å². The zero-order valence-corrected chi connectivity index (χ0v) is 16.0. The van der Waals surface area contributed by atoms with Crippen LogP contribution in [-0.2, 0) is 4.79 Å². The first-order valence-electron chi connectivity index (χ1n) is 9.74. The summed E-state index contributed by atoms with van der Waals surface area (Å²) in [7, 11) is 0. The number of aromatic nitrogens is 3. The van der Waals surface area contributed by atoms with Crippen LogP contribution in [0.2, 0.25) is 0 Å². The normalized spacial score (nSPS) is 17.3. The first kappa shape index (κ1) is 18.2. The summed E-state index contributed by atoms with van der Waals surface area (Å²) in [6.07, 6.45) is 7.47. The van der Waals surface area contributed by atoms with E-state index in [1.165, 1.54) is 0 Å². The summed E-state index contributed by atoms with van der Waals surface area (Å²) in [5.74, 6) is 2.01. The number of nitrogens with zero attached hydrogens (tertiary/aromatic N) is 4. The molecule has 6 heteroatoms. The van der Waals surface area contributed by atoms with E-state index in [1.807, 2.05) is 71.0 Å². The molecule has 1 amide bonds. The largest absolute Gasteiger partial charge is 0.494 e. The summed E-state index contributed by atoms with van der Waals surface area (Å²) in [4.78, 5) is 14.6. The van der Waals surface area contributed by atoms with Gasteiger partial charge in [-0.25, -0.2) is 0 Å². The zero-order chi connectivity index (χ0) is 19.3. The van der Waals surface area contributed by atoms with E-state index in [-0.39, 0.29) is 11.8 Å². The molecule has 0 bridgehead atoms. The van der Waals surface area contributed by atoms with Gasteiger partial charge in [0.1, 0.15) is 11.6 Å². The van der Waals surface area contributed by atoms with Crippen molar-refractivity contribution >= 4 is 17.6 Å². The number of pyridine rings is 1. The van der Waals surface area contributed by atoms with Crippen molar-refractivity contribution in [3.05, 3.63) is 66.1 Å². The zero-order valence-electron chi connectivity index (χ0n) is 16.0. The molecule has 0 saturated carbocycles. The van der Waals surface area contributed by atoms with E-state index >= 15 is 0 Å². The fraction of sp³-hybridized carbons (Fsp3) is 0.318. The van der Waals surface area contributed by atoms with Crippen LogP contribution in [0.4, 0.5) is 0 Å². The molecule has 1 fully saturated rings. The number of fused-ring (bicyclic) bond motifs is 1. The summed E-state index contributed by atoms with van der Waals surface area (Å²) >= 11 is 0. The Morgan fingerprint density at radius 3 is 2.89 bits per heavy atom. The van der Waals surface area contributed by atoms with Gasteiger partial charge in [0.05, 0.1) is 6.61 Å². The van der Waals surface area contributed by atoms with Gasteiger partial charge in [-0.3, -0.25) is 9.20 Å². The van der Waals surface area contributed by atoms with Crippen LogP contribution in [0.1, 0.15) is 37.1 Å². The number of ether oxygens (including phenoxy) is 1. The third-order valence-corrected chi connectivity index (χ3v) is 5.05. The van der Waals surface area contributed by atoms with Gasteiger partial charge in [-0.2, -0.15) is 0 Å². The molecule has 1 unspecified atom stereocenters. The number of hydrogen-bond acceptors (Lipinski definition) is 4. The number of rotatable bonds is 5. The van der Waals surface area contributed by atoms with Gasteiger partial charge in [0.2, 0.25) is 5.91 Å². The topological polar surface area (TPSA) is 59.7 Å². The van der Waals surface area contributed by atoms with Crippen LogP contribution < -0.4 is 4.74 Å². The number of hydrogen-bond donors (Lipinski definition) is 0. The molecular weight excluding hydrogens is 352 g/mol. The predicted octanol–water partition coefficient (Wildman–Crippen LogP) is 3.55. The minimum absolute atomic E-state index is 0.0346. The molecule has 0 radical (unpaired) electrons. The Bertz CT molecular complexity index is 978. The van der Waals surface area contributed by atoms with Crippen LogP contribution in [0.3, 0.4) is 0 Å². The molecule has 1 saturated heterocycles. The summed E-state index contributed by atoms with van der Waals surface area (Å²) in [6, 6.07) is 13.6. The maximum absolute atomic E-state index is 12.7. The number of amides is 1. The van der Waals surface area contributed by atoms with Crippen LogP contribution in [0.15, 0.2) is 54.7 Å². The number of likely N-dealkylation sites (tertiary alicyclic amines) is 1. The third-order valence-electron chi connectivity index (χ3n) is 5.05. The van der Waals surface area contributed by atoms with Crippen molar-refractivity contribution < 1.29 is 9.53 Å². The van der Waals surface area contributed by atoms with Crippen molar-refractivity contribution in [1.82, 2.24) is 19.5 Å². The Morgan fingerprint density at radius 2 is 2.07 bits per heavy atom. The Labute approximate surface area is 164 Å². The first-order chi connectivity index (χ1) is 13.7. The number of piperidine rings is 1. The van der Waals surface area contributed by atoms with Crippen LogP contribution in [0.25, 0.3) is 11.7 Å². The lowest BCUT2D eigenvalue weighted by Crippen LogP contribution is -2.38. The van der Waals surface area contributed by atoms with Gasteiger partial charge in [-0.15, -0.1) is 10.2 Å². The van der Waals surface area contributed by atoms with Crippen molar-refractivity contribution in [2.24, 2.45) is 0 Å². The van der Waals surface area contributed by atoms with Crippen molar-refractivity contribution in [2.75, 3.05) is 19.7 Å². The van der Waals surface area contributed by atoms with E-state index in [1.54, 1.807) is 6.08 Å². The van der Waals surface area contributed by atoms with Crippen molar-refractivity contribution in [3.8, 4) is 5.75 Å². The highest BCUT2D eigenvalue weighted by molar-refractivity contribution is 5.91. The van der Waals surface area contributed by atoms with Gasteiger partial charge in [-0.1, -0.05) is 18.2 Å². The minimum Gasteiger partial charge on any atom is -0.494 e. The molecule has 144 valence electrons. The molecule has 0 spiro atoms. The van der Waals surface area contributed by atoms with Crippen molar-refractivity contribution in [3.63, 3.8) is 0 Å². The second-order valence-corrected chi connectivity index (χ2v) is 6.95. The van der Waals surface area contributed by atoms with Crippen molar-refractivity contribution in [1.29, 1.82) is 0 Å². The SMILES string of the molecule is CCOc1ccc(/C=C/C(=O)N2CCCC(c3nnc4ccccn34)C2)cc1. The average Bonchev–Trinajstić information content (AvgIpc) is 3.17. The highest BCUT2D eigenvalue weighted by Crippen LogP contribution is 2.26. The van der Waals surface area contributed by atoms with Crippen LogP contribution in [0, 0.1) is 0 Å². The molecule has 3 aromatic rings. The molecule has 6 nitrogen and oxygen atoms in total. The summed E-state index contributed by atoms with van der Waals surface area (Å²) < 4.78 is 7.47. The number of carbonyl (C=O) groups excluding carboxylic acids is 1. The minimum atomic E-state index is 0.0346. The molecule has 0 N–H and O–H groups in total. The molecule has 1 aromatic carbocycles. The second-order valence-electron chi connectivity index (χ2n) is 6.95. The fourth-order valence-corrected chi connectivity index (χ4v) is 3.64. The Balaban J connectivity index is 1.43. The fourth-order valence-electron chi connectivity index (χ4n) is 3.64. The Kier molecular flexibility index (Phi) is 5.37. The van der Waals surface area contributed by atoms with E-state index in [0.29, 0.717) is 13.2 Å². The van der Waals surface area contributed by atoms with Crippen LogP contribution in [0.5, 0.6) is 5.75 Å². The first-order valence-corrected chi connectivity index (χ1v) is 9.74. The van der Waals surface area contributed by atoms with E-state index in [4.69, 9.17) is 4.74 Å². The molecule has 0 aliphatic carbocycles. The smallest absolute Gasteiger partial charge is 0.246 e.